The van der Waals surface area contributed by atoms with E-state index in [0.717, 1.165) is 0 Å². The van der Waals surface area contributed by atoms with Crippen molar-refractivity contribution in [2.24, 2.45) is 0 Å². The number of anilines is 1. The van der Waals surface area contributed by atoms with Crippen LogP contribution in [0.1, 0.15) is 5.56 Å². The summed E-state index contributed by atoms with van der Waals surface area (Å²) in [7, 11) is 0. The molecule has 0 fully saturated rings. The maximum Gasteiger partial charge on any atom is 0.262 e. The molecule has 0 saturated heterocycles. The number of carbonyl (C=O) groups excluding carboxylic acids is 1. The molecule has 0 aliphatic heterocycles. The molecule has 2 aromatic rings. The van der Waals surface area contributed by atoms with E-state index in [-0.39, 0.29) is 6.61 Å². The molecule has 0 saturated carbocycles. The van der Waals surface area contributed by atoms with E-state index in [1.807, 2.05) is 6.07 Å². The Balaban J connectivity index is 1.89. The van der Waals surface area contributed by atoms with E-state index in [1.54, 1.807) is 30.3 Å². The van der Waals surface area contributed by atoms with Gasteiger partial charge in [0.05, 0.1) is 16.1 Å². The number of halogens is 2. The Morgan fingerprint density at radius 1 is 1.29 bits per heavy atom. The second-order valence-electron chi connectivity index (χ2n) is 4.10. The SMILES string of the molecule is N#Cc1ccc(OCC(=O)Nc2ccc(Br)c(F)c2)cc1. The number of ether oxygens (including phenoxy) is 1. The van der Waals surface area contributed by atoms with Gasteiger partial charge >= 0.3 is 0 Å². The van der Waals surface area contributed by atoms with Crippen molar-refractivity contribution in [3.63, 3.8) is 0 Å². The lowest BCUT2D eigenvalue weighted by molar-refractivity contribution is -0.118. The molecule has 4 nitrogen and oxygen atoms in total. The lowest BCUT2D eigenvalue weighted by Gasteiger charge is -2.08. The van der Waals surface area contributed by atoms with Gasteiger partial charge in [-0.05, 0) is 58.4 Å². The molecule has 6 heteroatoms. The van der Waals surface area contributed by atoms with E-state index in [2.05, 4.69) is 21.2 Å². The highest BCUT2D eigenvalue weighted by molar-refractivity contribution is 9.10. The van der Waals surface area contributed by atoms with Crippen LogP contribution >= 0.6 is 15.9 Å². The van der Waals surface area contributed by atoms with Crippen LogP contribution in [0.3, 0.4) is 0 Å². The second-order valence-corrected chi connectivity index (χ2v) is 4.96. The zero-order valence-electron chi connectivity index (χ0n) is 10.8. The molecule has 0 aliphatic rings. The monoisotopic (exact) mass is 348 g/mol. The number of nitriles is 1. The van der Waals surface area contributed by atoms with E-state index < -0.39 is 11.7 Å². The van der Waals surface area contributed by atoms with Gasteiger partial charge in [0, 0.05) is 5.69 Å². The number of benzene rings is 2. The lowest BCUT2D eigenvalue weighted by Crippen LogP contribution is -2.20. The Morgan fingerprint density at radius 3 is 2.62 bits per heavy atom. The van der Waals surface area contributed by atoms with Crippen LogP contribution in [0.4, 0.5) is 10.1 Å². The topological polar surface area (TPSA) is 62.1 Å². The van der Waals surface area contributed by atoms with E-state index in [0.29, 0.717) is 21.5 Å². The average molecular weight is 349 g/mol. The van der Waals surface area contributed by atoms with Gasteiger partial charge in [-0.25, -0.2) is 4.39 Å². The summed E-state index contributed by atoms with van der Waals surface area (Å²) < 4.78 is 18.9. The van der Waals surface area contributed by atoms with Gasteiger partial charge in [-0.15, -0.1) is 0 Å². The molecule has 0 radical (unpaired) electrons. The van der Waals surface area contributed by atoms with Crippen molar-refractivity contribution < 1.29 is 13.9 Å². The molecule has 0 unspecified atom stereocenters. The lowest BCUT2D eigenvalue weighted by atomic mass is 10.2. The molecule has 21 heavy (non-hydrogen) atoms. The summed E-state index contributed by atoms with van der Waals surface area (Å²) in [5, 5.41) is 11.2. The third-order valence-corrected chi connectivity index (χ3v) is 3.20. The Bertz CT molecular complexity index is 696. The van der Waals surface area contributed by atoms with Crippen molar-refractivity contribution in [3.05, 3.63) is 58.3 Å². The average Bonchev–Trinajstić information content (AvgIpc) is 2.49. The van der Waals surface area contributed by atoms with Crippen LogP contribution in [0.5, 0.6) is 5.75 Å². The van der Waals surface area contributed by atoms with E-state index in [4.69, 9.17) is 10.00 Å². The number of carbonyl (C=O) groups is 1. The van der Waals surface area contributed by atoms with Crippen LogP contribution in [-0.2, 0) is 4.79 Å². The molecule has 2 rings (SSSR count). The molecule has 0 heterocycles. The Labute approximate surface area is 129 Å². The van der Waals surface area contributed by atoms with Gasteiger partial charge in [-0.2, -0.15) is 5.26 Å². The van der Waals surface area contributed by atoms with Crippen LogP contribution in [0.2, 0.25) is 0 Å². The normalized spacial score (nSPS) is 9.76. The fraction of sp³-hybridized carbons (Fsp3) is 0.0667. The van der Waals surface area contributed by atoms with Crippen molar-refractivity contribution >= 4 is 27.5 Å². The minimum Gasteiger partial charge on any atom is -0.484 e. The predicted molar refractivity (Wildman–Crippen MR) is 79.4 cm³/mol. The molecule has 2 aromatic carbocycles. The zero-order valence-corrected chi connectivity index (χ0v) is 12.4. The molecule has 0 atom stereocenters. The summed E-state index contributed by atoms with van der Waals surface area (Å²) in [6.07, 6.45) is 0. The molecule has 1 N–H and O–H groups in total. The van der Waals surface area contributed by atoms with Crippen LogP contribution in [0.25, 0.3) is 0 Å². The molecule has 0 aliphatic carbocycles. The molecular weight excluding hydrogens is 339 g/mol. The smallest absolute Gasteiger partial charge is 0.262 e. The summed E-state index contributed by atoms with van der Waals surface area (Å²) >= 11 is 3.03. The number of nitrogens with one attached hydrogen (secondary N) is 1. The summed E-state index contributed by atoms with van der Waals surface area (Å²) in [4.78, 5) is 11.7. The molecule has 0 bridgehead atoms. The van der Waals surface area contributed by atoms with E-state index >= 15 is 0 Å². The van der Waals surface area contributed by atoms with Crippen LogP contribution in [0.15, 0.2) is 46.9 Å². The van der Waals surface area contributed by atoms with Crippen molar-refractivity contribution in [3.8, 4) is 11.8 Å². The quantitative estimate of drug-likeness (QED) is 0.919. The highest BCUT2D eigenvalue weighted by Crippen LogP contribution is 2.19. The zero-order chi connectivity index (χ0) is 15.2. The fourth-order valence-corrected chi connectivity index (χ4v) is 1.79. The first kappa shape index (κ1) is 15.0. The second kappa shape index (κ2) is 6.86. The summed E-state index contributed by atoms with van der Waals surface area (Å²) in [5.41, 5.74) is 0.862. The number of hydrogen-bond acceptors (Lipinski definition) is 3. The predicted octanol–water partition coefficient (Wildman–Crippen LogP) is 3.48. The van der Waals surface area contributed by atoms with Crippen LogP contribution in [-0.4, -0.2) is 12.5 Å². The maximum absolute atomic E-state index is 13.3. The van der Waals surface area contributed by atoms with Crippen molar-refractivity contribution in [2.75, 3.05) is 11.9 Å². The number of amides is 1. The molecule has 106 valence electrons. The Morgan fingerprint density at radius 2 is 2.00 bits per heavy atom. The van der Waals surface area contributed by atoms with Crippen molar-refractivity contribution in [1.29, 1.82) is 5.26 Å². The van der Waals surface area contributed by atoms with Gasteiger partial charge in [-0.3, -0.25) is 4.79 Å². The van der Waals surface area contributed by atoms with Gasteiger partial charge in [-0.1, -0.05) is 0 Å². The highest BCUT2D eigenvalue weighted by atomic mass is 79.9. The third-order valence-electron chi connectivity index (χ3n) is 2.56. The molecule has 1 amide bonds. The Kier molecular flexibility index (Phi) is 4.90. The minimum atomic E-state index is -0.458. The first-order valence-corrected chi connectivity index (χ1v) is 6.75. The minimum absolute atomic E-state index is 0.205. The summed E-state index contributed by atoms with van der Waals surface area (Å²) in [5.74, 6) is -0.381. The van der Waals surface area contributed by atoms with Gasteiger partial charge in [0.2, 0.25) is 0 Å². The largest absolute Gasteiger partial charge is 0.484 e. The summed E-state index contributed by atoms with van der Waals surface area (Å²) in [6.45, 7) is -0.205. The molecule has 0 aromatic heterocycles. The summed E-state index contributed by atoms with van der Waals surface area (Å²) in [6, 6.07) is 12.7. The van der Waals surface area contributed by atoms with E-state index in [9.17, 15) is 9.18 Å². The van der Waals surface area contributed by atoms with Gasteiger partial charge in [0.15, 0.2) is 6.61 Å². The highest BCUT2D eigenvalue weighted by Gasteiger charge is 2.06. The van der Waals surface area contributed by atoms with Gasteiger partial charge in [0.25, 0.3) is 5.91 Å². The number of rotatable bonds is 4. The first-order valence-electron chi connectivity index (χ1n) is 5.96. The van der Waals surface area contributed by atoms with Crippen molar-refractivity contribution in [2.45, 2.75) is 0 Å². The van der Waals surface area contributed by atoms with Crippen molar-refractivity contribution in [1.82, 2.24) is 0 Å². The Hall–Kier alpha value is -2.39. The molecular formula is C15H10BrFN2O2. The number of nitrogens with zero attached hydrogens (tertiary/aromatic N) is 1. The van der Waals surface area contributed by atoms with E-state index in [1.165, 1.54) is 12.1 Å². The standard InChI is InChI=1S/C15H10BrFN2O2/c16-13-6-3-11(7-14(13)17)19-15(20)9-21-12-4-1-10(8-18)2-5-12/h1-7H,9H2,(H,19,20). The number of hydrogen-bond donors (Lipinski definition) is 1. The van der Waals surface area contributed by atoms with Crippen LogP contribution in [0, 0.1) is 17.1 Å². The van der Waals surface area contributed by atoms with Crippen LogP contribution < -0.4 is 10.1 Å². The van der Waals surface area contributed by atoms with Gasteiger partial charge < -0.3 is 10.1 Å². The van der Waals surface area contributed by atoms with Gasteiger partial charge in [0.1, 0.15) is 11.6 Å². The third kappa shape index (κ3) is 4.29. The maximum atomic E-state index is 13.3. The molecule has 0 spiro atoms. The first-order chi connectivity index (χ1) is 10.1. The fourth-order valence-electron chi connectivity index (χ4n) is 1.55.